The number of pyridine rings is 1. The van der Waals surface area contributed by atoms with Gasteiger partial charge in [-0.3, -0.25) is 0 Å². The van der Waals surface area contributed by atoms with Crippen LogP contribution in [0.3, 0.4) is 0 Å². The van der Waals surface area contributed by atoms with Gasteiger partial charge in [-0.05, 0) is 47.2 Å². The summed E-state index contributed by atoms with van der Waals surface area (Å²) in [5.41, 5.74) is 1.32. The quantitative estimate of drug-likeness (QED) is 0.927. The van der Waals surface area contributed by atoms with E-state index in [1.165, 1.54) is 30.6 Å². The summed E-state index contributed by atoms with van der Waals surface area (Å²) in [5, 5.41) is 3.59. The molecular weight excluding hydrogens is 290 g/mol. The van der Waals surface area contributed by atoms with Gasteiger partial charge in [0, 0.05) is 41.9 Å². The predicted octanol–water partition coefficient (Wildman–Crippen LogP) is 2.94. The van der Waals surface area contributed by atoms with Crippen LogP contribution in [0.25, 0.3) is 0 Å². The van der Waals surface area contributed by atoms with Crippen molar-refractivity contribution in [1.82, 2.24) is 10.3 Å². The van der Waals surface area contributed by atoms with Gasteiger partial charge in [0.05, 0.1) is 0 Å². The number of nitrogens with one attached hydrogen (secondary N) is 1. The van der Waals surface area contributed by atoms with Crippen molar-refractivity contribution in [1.29, 1.82) is 0 Å². The second kappa shape index (κ2) is 5.17. The van der Waals surface area contributed by atoms with Crippen LogP contribution in [-0.2, 0) is 6.54 Å². The summed E-state index contributed by atoms with van der Waals surface area (Å²) in [6.45, 7) is 5.55. The summed E-state index contributed by atoms with van der Waals surface area (Å²) >= 11 is 3.53. The Bertz CT molecular complexity index is 431. The minimum atomic E-state index is 0.745. The van der Waals surface area contributed by atoms with Crippen LogP contribution in [0.15, 0.2) is 16.7 Å². The van der Waals surface area contributed by atoms with Crippen molar-refractivity contribution < 1.29 is 0 Å². The molecule has 1 aliphatic carbocycles. The van der Waals surface area contributed by atoms with E-state index in [-0.39, 0.29) is 0 Å². The SMILES string of the molecule is CC1CCN(c2ncc(Br)cc2CNC2CC2)C1. The van der Waals surface area contributed by atoms with Crippen molar-refractivity contribution in [3.05, 3.63) is 22.3 Å². The third-order valence-electron chi connectivity index (χ3n) is 3.79. The molecule has 2 aliphatic rings. The number of nitrogens with zero attached hydrogens (tertiary/aromatic N) is 2. The summed E-state index contributed by atoms with van der Waals surface area (Å²) in [5.74, 6) is 1.97. The molecule has 2 heterocycles. The number of halogens is 1. The molecular formula is C14H20BrN3. The monoisotopic (exact) mass is 309 g/mol. The van der Waals surface area contributed by atoms with E-state index < -0.39 is 0 Å². The molecule has 3 nitrogen and oxygen atoms in total. The molecule has 98 valence electrons. The lowest BCUT2D eigenvalue weighted by Gasteiger charge is -2.21. The van der Waals surface area contributed by atoms with E-state index >= 15 is 0 Å². The molecule has 1 saturated carbocycles. The lowest BCUT2D eigenvalue weighted by Crippen LogP contribution is -2.24. The molecule has 1 aliphatic heterocycles. The van der Waals surface area contributed by atoms with Gasteiger partial charge in [0.1, 0.15) is 5.82 Å². The second-order valence-corrected chi connectivity index (χ2v) is 6.55. The molecule has 4 heteroatoms. The Labute approximate surface area is 117 Å². The van der Waals surface area contributed by atoms with Crippen molar-refractivity contribution in [2.24, 2.45) is 5.92 Å². The first-order chi connectivity index (χ1) is 8.72. The van der Waals surface area contributed by atoms with Gasteiger partial charge in [-0.1, -0.05) is 6.92 Å². The summed E-state index contributed by atoms with van der Waals surface area (Å²) in [6, 6.07) is 2.95. The van der Waals surface area contributed by atoms with Gasteiger partial charge in [0.15, 0.2) is 0 Å². The normalized spacial score (nSPS) is 23.7. The topological polar surface area (TPSA) is 28.2 Å². The van der Waals surface area contributed by atoms with Gasteiger partial charge in [-0.25, -0.2) is 4.98 Å². The zero-order chi connectivity index (χ0) is 12.5. The van der Waals surface area contributed by atoms with E-state index in [9.17, 15) is 0 Å². The maximum absolute atomic E-state index is 4.63. The number of hydrogen-bond acceptors (Lipinski definition) is 3. The standard InChI is InChI=1S/C14H20BrN3/c1-10-4-5-18(9-10)14-11(6-12(15)8-17-14)7-16-13-2-3-13/h6,8,10,13,16H,2-5,7,9H2,1H3. The smallest absolute Gasteiger partial charge is 0.133 e. The Morgan fingerprint density at radius 2 is 2.28 bits per heavy atom. The highest BCUT2D eigenvalue weighted by Crippen LogP contribution is 2.28. The number of aromatic nitrogens is 1. The second-order valence-electron chi connectivity index (χ2n) is 5.63. The number of anilines is 1. The van der Waals surface area contributed by atoms with Crippen molar-refractivity contribution in [3.8, 4) is 0 Å². The molecule has 1 atom stereocenters. The van der Waals surface area contributed by atoms with Crippen LogP contribution in [0.4, 0.5) is 5.82 Å². The Hall–Kier alpha value is -0.610. The van der Waals surface area contributed by atoms with Crippen LogP contribution in [0, 0.1) is 5.92 Å². The Kier molecular flexibility index (Phi) is 3.57. The summed E-state index contributed by atoms with van der Waals surface area (Å²) in [6.07, 6.45) is 5.86. The van der Waals surface area contributed by atoms with Crippen LogP contribution >= 0.6 is 15.9 Å². The van der Waals surface area contributed by atoms with Gasteiger partial charge in [-0.2, -0.15) is 0 Å². The molecule has 1 N–H and O–H groups in total. The fraction of sp³-hybridized carbons (Fsp3) is 0.643. The van der Waals surface area contributed by atoms with Crippen LogP contribution in [0.5, 0.6) is 0 Å². The molecule has 1 aromatic rings. The van der Waals surface area contributed by atoms with Gasteiger partial charge < -0.3 is 10.2 Å². The molecule has 0 radical (unpaired) electrons. The van der Waals surface area contributed by atoms with Crippen molar-refractivity contribution in [2.45, 2.75) is 38.8 Å². The molecule has 0 amide bonds. The van der Waals surface area contributed by atoms with Crippen LogP contribution in [0.2, 0.25) is 0 Å². The predicted molar refractivity (Wildman–Crippen MR) is 77.8 cm³/mol. The third-order valence-corrected chi connectivity index (χ3v) is 4.23. The zero-order valence-corrected chi connectivity index (χ0v) is 12.4. The summed E-state index contributed by atoms with van der Waals surface area (Å²) in [4.78, 5) is 7.06. The minimum Gasteiger partial charge on any atom is -0.356 e. The van der Waals surface area contributed by atoms with Crippen LogP contribution < -0.4 is 10.2 Å². The largest absolute Gasteiger partial charge is 0.356 e. The molecule has 0 spiro atoms. The van der Waals surface area contributed by atoms with Crippen molar-refractivity contribution in [3.63, 3.8) is 0 Å². The maximum atomic E-state index is 4.63. The lowest BCUT2D eigenvalue weighted by molar-refractivity contribution is 0.656. The molecule has 1 aromatic heterocycles. The highest BCUT2D eigenvalue weighted by Gasteiger charge is 2.24. The summed E-state index contributed by atoms with van der Waals surface area (Å²) < 4.78 is 1.08. The Balaban J connectivity index is 1.77. The first-order valence-electron chi connectivity index (χ1n) is 6.85. The lowest BCUT2D eigenvalue weighted by atomic mass is 10.2. The van der Waals surface area contributed by atoms with E-state index in [0.29, 0.717) is 0 Å². The summed E-state index contributed by atoms with van der Waals surface area (Å²) in [7, 11) is 0. The molecule has 1 unspecified atom stereocenters. The van der Waals surface area contributed by atoms with E-state index in [2.05, 4.69) is 44.1 Å². The molecule has 0 bridgehead atoms. The maximum Gasteiger partial charge on any atom is 0.133 e. The van der Waals surface area contributed by atoms with E-state index in [1.807, 2.05) is 6.20 Å². The van der Waals surface area contributed by atoms with E-state index in [4.69, 9.17) is 0 Å². The minimum absolute atomic E-state index is 0.745. The van der Waals surface area contributed by atoms with Crippen LogP contribution in [-0.4, -0.2) is 24.1 Å². The fourth-order valence-electron chi connectivity index (χ4n) is 2.56. The van der Waals surface area contributed by atoms with Crippen molar-refractivity contribution in [2.75, 3.05) is 18.0 Å². The van der Waals surface area contributed by atoms with Gasteiger partial charge in [0.25, 0.3) is 0 Å². The third kappa shape index (κ3) is 2.86. The molecule has 1 saturated heterocycles. The van der Waals surface area contributed by atoms with Crippen LogP contribution in [0.1, 0.15) is 31.7 Å². The molecule has 0 aromatic carbocycles. The molecule has 3 rings (SSSR count). The fourth-order valence-corrected chi connectivity index (χ4v) is 2.94. The average Bonchev–Trinajstić information content (AvgIpc) is 3.08. The van der Waals surface area contributed by atoms with E-state index in [1.54, 1.807) is 0 Å². The molecule has 18 heavy (non-hydrogen) atoms. The number of hydrogen-bond donors (Lipinski definition) is 1. The van der Waals surface area contributed by atoms with E-state index in [0.717, 1.165) is 36.1 Å². The van der Waals surface area contributed by atoms with Gasteiger partial charge in [0.2, 0.25) is 0 Å². The Morgan fingerprint density at radius 3 is 2.94 bits per heavy atom. The zero-order valence-electron chi connectivity index (χ0n) is 10.8. The first-order valence-corrected chi connectivity index (χ1v) is 7.64. The Morgan fingerprint density at radius 1 is 1.44 bits per heavy atom. The van der Waals surface area contributed by atoms with Gasteiger partial charge in [-0.15, -0.1) is 0 Å². The highest BCUT2D eigenvalue weighted by molar-refractivity contribution is 9.10. The van der Waals surface area contributed by atoms with Gasteiger partial charge >= 0.3 is 0 Å². The average molecular weight is 310 g/mol. The highest BCUT2D eigenvalue weighted by atomic mass is 79.9. The number of rotatable bonds is 4. The first kappa shape index (κ1) is 12.4. The van der Waals surface area contributed by atoms with Crippen molar-refractivity contribution >= 4 is 21.7 Å². The molecule has 2 fully saturated rings.